The molecule has 0 amide bonds. The summed E-state index contributed by atoms with van der Waals surface area (Å²) in [5.41, 5.74) is -0.509. The van der Waals surface area contributed by atoms with Crippen molar-refractivity contribution < 1.29 is 19.2 Å². The number of nitro groups is 1. The van der Waals surface area contributed by atoms with Gasteiger partial charge in [-0.15, -0.1) is 0 Å². The van der Waals surface area contributed by atoms with Crippen LogP contribution in [0.5, 0.6) is 0 Å². The zero-order valence-corrected chi connectivity index (χ0v) is 8.31. The third-order valence-electron chi connectivity index (χ3n) is 1.90. The molecule has 0 saturated heterocycles. The molecule has 0 aliphatic carbocycles. The summed E-state index contributed by atoms with van der Waals surface area (Å²) in [5.74, 6) is -2.06. The molecule has 0 spiro atoms. The molecule has 16 heavy (non-hydrogen) atoms. The van der Waals surface area contributed by atoms with Crippen LogP contribution >= 0.6 is 0 Å². The van der Waals surface area contributed by atoms with Gasteiger partial charge in [0.05, 0.1) is 4.92 Å². The molecule has 1 aromatic rings. The van der Waals surface area contributed by atoms with Gasteiger partial charge < -0.3 is 10.4 Å². The molecule has 0 fully saturated rings. The highest BCUT2D eigenvalue weighted by Crippen LogP contribution is 2.21. The Morgan fingerprint density at radius 3 is 2.75 bits per heavy atom. The van der Waals surface area contributed by atoms with Crippen LogP contribution in [0.25, 0.3) is 0 Å². The van der Waals surface area contributed by atoms with Gasteiger partial charge in [-0.05, 0) is 19.1 Å². The maximum absolute atomic E-state index is 12.9. The number of nitro benzene ring substituents is 1. The molecular weight excluding hydrogens is 219 g/mol. The number of hydrogen-bond acceptors (Lipinski definition) is 4. The number of carboxylic acids is 1. The van der Waals surface area contributed by atoms with Crippen molar-refractivity contribution in [2.24, 2.45) is 0 Å². The average Bonchev–Trinajstić information content (AvgIpc) is 2.20. The van der Waals surface area contributed by atoms with Gasteiger partial charge in [-0.1, -0.05) is 0 Å². The first-order valence-corrected chi connectivity index (χ1v) is 4.35. The summed E-state index contributed by atoms with van der Waals surface area (Å²) in [6, 6.07) is 2.19. The van der Waals surface area contributed by atoms with Gasteiger partial charge in [0.15, 0.2) is 0 Å². The zero-order valence-electron chi connectivity index (χ0n) is 8.31. The van der Waals surface area contributed by atoms with E-state index in [0.29, 0.717) is 0 Å². The molecule has 2 N–H and O–H groups in total. The Balaban J connectivity index is 2.95. The fourth-order valence-corrected chi connectivity index (χ4v) is 1.05. The van der Waals surface area contributed by atoms with Crippen molar-refractivity contribution in [3.05, 3.63) is 34.1 Å². The van der Waals surface area contributed by atoms with Crippen molar-refractivity contribution in [1.29, 1.82) is 0 Å². The highest BCUT2D eigenvalue weighted by atomic mass is 19.1. The van der Waals surface area contributed by atoms with E-state index in [1.165, 1.54) is 13.0 Å². The maximum Gasteiger partial charge on any atom is 0.325 e. The van der Waals surface area contributed by atoms with Crippen LogP contribution in [0.2, 0.25) is 0 Å². The van der Waals surface area contributed by atoms with Crippen LogP contribution in [-0.2, 0) is 4.79 Å². The number of rotatable bonds is 4. The Morgan fingerprint density at radius 1 is 1.62 bits per heavy atom. The Bertz CT molecular complexity index is 436. The van der Waals surface area contributed by atoms with E-state index in [2.05, 4.69) is 5.32 Å². The van der Waals surface area contributed by atoms with E-state index < -0.39 is 28.4 Å². The Morgan fingerprint density at radius 2 is 2.25 bits per heavy atom. The first kappa shape index (κ1) is 11.9. The van der Waals surface area contributed by atoms with Crippen LogP contribution in [0, 0.1) is 15.9 Å². The first-order valence-electron chi connectivity index (χ1n) is 4.35. The lowest BCUT2D eigenvalue weighted by Crippen LogP contribution is -2.25. The number of benzene rings is 1. The second kappa shape index (κ2) is 4.56. The van der Waals surface area contributed by atoms with E-state index in [-0.39, 0.29) is 5.69 Å². The summed E-state index contributed by atoms with van der Waals surface area (Å²) in [6.07, 6.45) is 0. The van der Waals surface area contributed by atoms with Crippen LogP contribution in [0.1, 0.15) is 6.92 Å². The zero-order chi connectivity index (χ0) is 12.3. The van der Waals surface area contributed by atoms with Crippen LogP contribution < -0.4 is 5.32 Å². The second-order valence-electron chi connectivity index (χ2n) is 3.13. The van der Waals surface area contributed by atoms with Gasteiger partial charge in [-0.3, -0.25) is 14.9 Å². The summed E-state index contributed by atoms with van der Waals surface area (Å²) in [5, 5.41) is 21.5. The summed E-state index contributed by atoms with van der Waals surface area (Å²) in [4.78, 5) is 20.1. The van der Waals surface area contributed by atoms with Crippen molar-refractivity contribution in [2.75, 3.05) is 5.32 Å². The highest BCUT2D eigenvalue weighted by Gasteiger charge is 2.16. The fraction of sp³-hybridized carbons (Fsp3) is 0.222. The average molecular weight is 228 g/mol. The van der Waals surface area contributed by atoms with Crippen molar-refractivity contribution >= 4 is 17.3 Å². The molecule has 7 heteroatoms. The van der Waals surface area contributed by atoms with Crippen molar-refractivity contribution in [3.8, 4) is 0 Å². The molecule has 0 radical (unpaired) electrons. The first-order chi connectivity index (χ1) is 7.41. The summed E-state index contributed by atoms with van der Waals surface area (Å²) < 4.78 is 12.9. The summed E-state index contributed by atoms with van der Waals surface area (Å²) in [6.45, 7) is 1.37. The minimum Gasteiger partial charge on any atom is -0.480 e. The highest BCUT2D eigenvalue weighted by molar-refractivity contribution is 5.76. The molecule has 1 aromatic carbocycles. The lowest BCUT2D eigenvalue weighted by atomic mass is 10.2. The van der Waals surface area contributed by atoms with Crippen molar-refractivity contribution in [1.82, 2.24) is 0 Å². The van der Waals surface area contributed by atoms with Crippen LogP contribution in [0.3, 0.4) is 0 Å². The van der Waals surface area contributed by atoms with E-state index in [9.17, 15) is 19.3 Å². The minimum absolute atomic E-state index is 0.183. The normalized spacial score (nSPS) is 11.9. The molecule has 86 valence electrons. The SMILES string of the molecule is CC(Nc1ccc(F)c([N+](=O)[O-])c1)C(=O)O. The number of nitrogens with one attached hydrogen (secondary N) is 1. The Labute approximate surface area is 89.9 Å². The molecule has 6 nitrogen and oxygen atoms in total. The quantitative estimate of drug-likeness (QED) is 0.603. The molecule has 0 aromatic heterocycles. The maximum atomic E-state index is 12.9. The van der Waals surface area contributed by atoms with Gasteiger partial charge in [-0.2, -0.15) is 4.39 Å². The van der Waals surface area contributed by atoms with Crippen LogP contribution in [-0.4, -0.2) is 22.0 Å². The topological polar surface area (TPSA) is 92.5 Å². The summed E-state index contributed by atoms with van der Waals surface area (Å²) >= 11 is 0. The molecule has 0 bridgehead atoms. The number of carboxylic acid groups (broad SMARTS) is 1. The van der Waals surface area contributed by atoms with Gasteiger partial charge >= 0.3 is 11.7 Å². The second-order valence-corrected chi connectivity index (χ2v) is 3.13. The molecule has 0 aliphatic rings. The summed E-state index contributed by atoms with van der Waals surface area (Å²) in [7, 11) is 0. The van der Waals surface area contributed by atoms with E-state index in [0.717, 1.165) is 12.1 Å². The molecule has 1 unspecified atom stereocenters. The van der Waals surface area contributed by atoms with Gasteiger partial charge in [0, 0.05) is 11.8 Å². The molecule has 0 saturated carbocycles. The third kappa shape index (κ3) is 2.66. The van der Waals surface area contributed by atoms with E-state index in [1.54, 1.807) is 0 Å². The van der Waals surface area contributed by atoms with Gasteiger partial charge in [0.25, 0.3) is 0 Å². The van der Waals surface area contributed by atoms with E-state index in [4.69, 9.17) is 5.11 Å². The predicted molar refractivity (Wildman–Crippen MR) is 53.8 cm³/mol. The number of nitrogens with zero attached hydrogens (tertiary/aromatic N) is 1. The monoisotopic (exact) mass is 228 g/mol. The number of halogens is 1. The minimum atomic E-state index is -1.10. The molecule has 0 aliphatic heterocycles. The van der Waals surface area contributed by atoms with Crippen molar-refractivity contribution in [3.63, 3.8) is 0 Å². The van der Waals surface area contributed by atoms with Gasteiger partial charge in [-0.25, -0.2) is 0 Å². The number of anilines is 1. The largest absolute Gasteiger partial charge is 0.480 e. The number of aliphatic carboxylic acids is 1. The lowest BCUT2D eigenvalue weighted by molar-refractivity contribution is -0.387. The van der Waals surface area contributed by atoms with E-state index >= 15 is 0 Å². The number of carbonyl (C=O) groups is 1. The van der Waals surface area contributed by atoms with Crippen LogP contribution in [0.15, 0.2) is 18.2 Å². The fourth-order valence-electron chi connectivity index (χ4n) is 1.05. The smallest absolute Gasteiger partial charge is 0.325 e. The third-order valence-corrected chi connectivity index (χ3v) is 1.90. The number of hydrogen-bond donors (Lipinski definition) is 2. The van der Waals surface area contributed by atoms with Crippen LogP contribution in [0.4, 0.5) is 15.8 Å². The Kier molecular flexibility index (Phi) is 3.39. The lowest BCUT2D eigenvalue weighted by Gasteiger charge is -2.10. The Hall–Kier alpha value is -2.18. The standard InChI is InChI=1S/C9H9FN2O4/c1-5(9(13)14)11-6-2-3-7(10)8(4-6)12(15)16/h2-5,11H,1H3,(H,13,14). The predicted octanol–water partition coefficient (Wildman–Crippen LogP) is 1.62. The van der Waals surface area contributed by atoms with Gasteiger partial charge in [0.2, 0.25) is 5.82 Å². The van der Waals surface area contributed by atoms with Crippen molar-refractivity contribution in [2.45, 2.75) is 13.0 Å². The molecular formula is C9H9FN2O4. The molecule has 0 heterocycles. The molecule has 1 atom stereocenters. The molecule has 1 rings (SSSR count). The van der Waals surface area contributed by atoms with Gasteiger partial charge in [0.1, 0.15) is 6.04 Å². The van der Waals surface area contributed by atoms with E-state index in [1.807, 2.05) is 0 Å².